The van der Waals surface area contributed by atoms with E-state index in [-0.39, 0.29) is 28.2 Å². The monoisotopic (exact) mass is 566 g/mol. The van der Waals surface area contributed by atoms with Gasteiger partial charge in [-0.15, -0.1) is 0 Å². The van der Waals surface area contributed by atoms with E-state index in [1.807, 2.05) is 54.6 Å². The van der Waals surface area contributed by atoms with Crippen LogP contribution in [0.3, 0.4) is 0 Å². The lowest BCUT2D eigenvalue weighted by molar-refractivity contribution is 0.0953. The van der Waals surface area contributed by atoms with Gasteiger partial charge in [-0.05, 0) is 59.1 Å². The van der Waals surface area contributed by atoms with Crippen molar-refractivity contribution in [1.29, 1.82) is 0 Å². The number of benzene rings is 4. The van der Waals surface area contributed by atoms with E-state index in [0.29, 0.717) is 24.1 Å². The first-order valence-corrected chi connectivity index (χ1v) is 15.2. The van der Waals surface area contributed by atoms with Crippen molar-refractivity contribution in [2.24, 2.45) is 0 Å². The molecule has 1 amide bonds. The van der Waals surface area contributed by atoms with E-state index in [1.165, 1.54) is 11.1 Å². The Balaban J connectivity index is 1.45. The molecular weight excluding hydrogens is 520 g/mol. The van der Waals surface area contributed by atoms with Crippen LogP contribution in [0.15, 0.2) is 72.8 Å². The molecule has 0 unspecified atom stereocenters. The molecule has 0 aliphatic rings. The first-order chi connectivity index (χ1) is 20.0. The molecule has 0 fully saturated rings. The van der Waals surface area contributed by atoms with Crippen molar-refractivity contribution in [2.45, 2.75) is 78.1 Å². The Labute approximate surface area is 251 Å². The van der Waals surface area contributed by atoms with Gasteiger partial charge in [-0.1, -0.05) is 108 Å². The number of rotatable bonds is 12. The van der Waals surface area contributed by atoms with Gasteiger partial charge in [0.15, 0.2) is 0 Å². The van der Waals surface area contributed by atoms with Crippen LogP contribution in [0, 0.1) is 0 Å². The second-order valence-electron chi connectivity index (χ2n) is 12.4. The molecule has 0 aliphatic heterocycles. The number of nitrogens with two attached hydrogens (primary N) is 1. The van der Waals surface area contributed by atoms with Crippen molar-refractivity contribution in [3.8, 4) is 22.6 Å². The van der Waals surface area contributed by atoms with Crippen molar-refractivity contribution in [1.82, 2.24) is 5.32 Å². The molecule has 4 aromatic rings. The second-order valence-corrected chi connectivity index (χ2v) is 12.4. The summed E-state index contributed by atoms with van der Waals surface area (Å²) in [4.78, 5) is 13.5. The Kier molecular flexibility index (Phi) is 9.50. The van der Waals surface area contributed by atoms with E-state index in [4.69, 9.17) is 10.5 Å². The number of fused-ring (bicyclic) bond motifs is 1. The zero-order chi connectivity index (χ0) is 30.5. The molecule has 0 atom stereocenters. The number of ether oxygens (including phenoxy) is 1. The van der Waals surface area contributed by atoms with Gasteiger partial charge >= 0.3 is 0 Å². The number of phenols is 1. The van der Waals surface area contributed by atoms with Gasteiger partial charge in [-0.3, -0.25) is 4.79 Å². The minimum absolute atomic E-state index is 0.00491. The van der Waals surface area contributed by atoms with E-state index in [0.717, 1.165) is 47.9 Å². The number of carbonyl (C=O) groups is 1. The molecule has 4 rings (SSSR count). The summed E-state index contributed by atoms with van der Waals surface area (Å²) in [6.45, 7) is 14.6. The molecule has 222 valence electrons. The quantitative estimate of drug-likeness (QED) is 0.0909. The zero-order valence-electron chi connectivity index (χ0n) is 26.0. The summed E-state index contributed by atoms with van der Waals surface area (Å²) in [6.07, 6.45) is 3.63. The summed E-state index contributed by atoms with van der Waals surface area (Å²) in [6, 6.07) is 23.8. The van der Waals surface area contributed by atoms with Crippen LogP contribution >= 0.6 is 0 Å². The Hall–Kier alpha value is -3.99. The highest BCUT2D eigenvalue weighted by atomic mass is 16.5. The summed E-state index contributed by atoms with van der Waals surface area (Å²) < 4.78 is 6.31. The number of hydrogen-bond acceptors (Lipinski definition) is 4. The van der Waals surface area contributed by atoms with Crippen molar-refractivity contribution >= 4 is 22.4 Å². The van der Waals surface area contributed by atoms with Crippen LogP contribution in [0.1, 0.15) is 88.7 Å². The van der Waals surface area contributed by atoms with Crippen LogP contribution in [0.4, 0.5) is 5.69 Å². The molecular formula is C37H46N2O3. The van der Waals surface area contributed by atoms with Gasteiger partial charge in [-0.25, -0.2) is 0 Å². The molecule has 0 aliphatic carbocycles. The van der Waals surface area contributed by atoms with Gasteiger partial charge < -0.3 is 20.9 Å². The van der Waals surface area contributed by atoms with Gasteiger partial charge in [0, 0.05) is 23.1 Å². The fourth-order valence-electron chi connectivity index (χ4n) is 5.28. The normalized spacial score (nSPS) is 12.0. The molecule has 4 N–H and O–H groups in total. The molecule has 4 aromatic carbocycles. The maximum Gasteiger partial charge on any atom is 0.254 e. The first kappa shape index (κ1) is 31.0. The van der Waals surface area contributed by atoms with Crippen molar-refractivity contribution < 1.29 is 14.6 Å². The topological polar surface area (TPSA) is 84.6 Å². The number of aromatic hydroxyl groups is 1. The largest absolute Gasteiger partial charge is 0.505 e. The zero-order valence-corrected chi connectivity index (χ0v) is 26.0. The Morgan fingerprint density at radius 2 is 1.50 bits per heavy atom. The fourth-order valence-corrected chi connectivity index (χ4v) is 5.28. The van der Waals surface area contributed by atoms with E-state index in [9.17, 15) is 9.90 Å². The molecule has 0 aromatic heterocycles. The average molecular weight is 567 g/mol. The molecule has 5 heteroatoms. The predicted octanol–water partition coefficient (Wildman–Crippen LogP) is 8.76. The molecule has 0 saturated carbocycles. The summed E-state index contributed by atoms with van der Waals surface area (Å²) in [5, 5.41) is 15.3. The maximum atomic E-state index is 13.5. The van der Waals surface area contributed by atoms with Crippen LogP contribution < -0.4 is 15.8 Å². The van der Waals surface area contributed by atoms with Gasteiger partial charge in [0.05, 0.1) is 17.9 Å². The number of amides is 1. The SMILES string of the molecule is CCC(C)(C)c1ccc(OCCCCNC(=O)c2c(N)c(O)c3ccccc3c2-c2ccccc2)c(C(C)(C)CC)c1. The van der Waals surface area contributed by atoms with Gasteiger partial charge in [0.1, 0.15) is 11.5 Å². The number of nitrogen functional groups attached to an aromatic ring is 1. The van der Waals surface area contributed by atoms with Crippen molar-refractivity contribution in [2.75, 3.05) is 18.9 Å². The Morgan fingerprint density at radius 3 is 2.17 bits per heavy atom. The third-order valence-electron chi connectivity index (χ3n) is 8.89. The summed E-state index contributed by atoms with van der Waals surface area (Å²) in [7, 11) is 0. The van der Waals surface area contributed by atoms with Gasteiger partial charge in [0.25, 0.3) is 5.91 Å². The van der Waals surface area contributed by atoms with Crippen LogP contribution in [0.5, 0.6) is 11.5 Å². The van der Waals surface area contributed by atoms with Crippen molar-refractivity contribution in [3.63, 3.8) is 0 Å². The molecule has 0 heterocycles. The second kappa shape index (κ2) is 12.9. The maximum absolute atomic E-state index is 13.5. The molecule has 0 bridgehead atoms. The van der Waals surface area contributed by atoms with E-state index < -0.39 is 0 Å². The summed E-state index contributed by atoms with van der Waals surface area (Å²) in [5.74, 6) is 0.575. The third-order valence-corrected chi connectivity index (χ3v) is 8.89. The lowest BCUT2D eigenvalue weighted by Crippen LogP contribution is -2.26. The minimum Gasteiger partial charge on any atom is -0.505 e. The minimum atomic E-state index is -0.297. The highest BCUT2D eigenvalue weighted by molar-refractivity contribution is 6.16. The highest BCUT2D eigenvalue weighted by Gasteiger charge is 2.27. The number of unbranched alkanes of at least 4 members (excludes halogenated alkanes) is 1. The molecule has 42 heavy (non-hydrogen) atoms. The third kappa shape index (κ3) is 6.41. The Bertz CT molecular complexity index is 1540. The Morgan fingerprint density at radius 1 is 0.857 bits per heavy atom. The lowest BCUT2D eigenvalue weighted by Gasteiger charge is -2.30. The fraction of sp³-hybridized carbons (Fsp3) is 0.378. The van der Waals surface area contributed by atoms with E-state index in [2.05, 4.69) is 65.1 Å². The number of hydrogen-bond donors (Lipinski definition) is 3. The lowest BCUT2D eigenvalue weighted by atomic mass is 9.76. The van der Waals surface area contributed by atoms with Crippen LogP contribution in [0.2, 0.25) is 0 Å². The number of nitrogens with one attached hydrogen (secondary N) is 1. The van der Waals surface area contributed by atoms with Gasteiger partial charge in [-0.2, -0.15) is 0 Å². The molecule has 0 spiro atoms. The number of carbonyl (C=O) groups excluding carboxylic acids is 1. The highest BCUT2D eigenvalue weighted by Crippen LogP contribution is 2.42. The molecule has 0 saturated heterocycles. The van der Waals surface area contributed by atoms with Gasteiger partial charge in [0.2, 0.25) is 0 Å². The van der Waals surface area contributed by atoms with Crippen LogP contribution in [-0.2, 0) is 10.8 Å². The smallest absolute Gasteiger partial charge is 0.254 e. The van der Waals surface area contributed by atoms with E-state index in [1.54, 1.807) is 0 Å². The first-order valence-electron chi connectivity index (χ1n) is 15.2. The number of anilines is 1. The molecule has 0 radical (unpaired) electrons. The summed E-state index contributed by atoms with van der Waals surface area (Å²) in [5.41, 5.74) is 11.1. The van der Waals surface area contributed by atoms with Crippen LogP contribution in [-0.4, -0.2) is 24.2 Å². The average Bonchev–Trinajstić information content (AvgIpc) is 3.00. The predicted molar refractivity (Wildman–Crippen MR) is 176 cm³/mol. The standard InChI is InChI=1S/C37H46N2O3/c1-7-36(3,4)26-20-21-30(29(24-26)37(5,6)8-2)42-23-15-14-22-39-35(41)32-31(25-16-10-9-11-17-25)27-18-12-13-19-28(27)34(40)33(32)38/h9-13,16-21,24,40H,7-8,14-15,22-23,38H2,1-6H3,(H,39,41). The van der Waals surface area contributed by atoms with Crippen molar-refractivity contribution in [3.05, 3.63) is 89.5 Å². The number of phenolic OH excluding ortho intramolecular Hbond substituents is 1. The molecule has 5 nitrogen and oxygen atoms in total. The summed E-state index contributed by atoms with van der Waals surface area (Å²) >= 11 is 0. The van der Waals surface area contributed by atoms with Crippen LogP contribution in [0.25, 0.3) is 21.9 Å². The van der Waals surface area contributed by atoms with E-state index >= 15 is 0 Å².